The van der Waals surface area contributed by atoms with Gasteiger partial charge in [-0.2, -0.15) is 15.2 Å². The van der Waals surface area contributed by atoms with E-state index >= 15 is 8.78 Å². The van der Waals surface area contributed by atoms with Crippen molar-refractivity contribution in [3.8, 4) is 23.3 Å². The minimum atomic E-state index is -0.937. The van der Waals surface area contributed by atoms with Crippen LogP contribution < -0.4 is 15.4 Å². The minimum absolute atomic E-state index is 0.000243. The molecular weight excluding hydrogens is 669 g/mol. The molecule has 50 heavy (non-hydrogen) atoms. The van der Waals surface area contributed by atoms with E-state index in [1.54, 1.807) is 6.92 Å². The molecule has 3 aromatic heterocycles. The zero-order chi connectivity index (χ0) is 34.5. The number of thiophene rings is 1. The monoisotopic (exact) mass is 706 g/mol. The molecule has 2 unspecified atom stereocenters. The minimum Gasteiger partial charge on any atom is -0.461 e. The Morgan fingerprint density at radius 3 is 2.72 bits per heavy atom. The lowest BCUT2D eigenvalue weighted by Crippen LogP contribution is -2.55. The van der Waals surface area contributed by atoms with Crippen molar-refractivity contribution in [3.63, 3.8) is 0 Å². The Bertz CT molecular complexity index is 2080. The number of nitriles is 1. The van der Waals surface area contributed by atoms with Gasteiger partial charge in [-0.3, -0.25) is 14.8 Å². The molecule has 9 rings (SSSR count). The molecule has 0 saturated carbocycles. The summed E-state index contributed by atoms with van der Waals surface area (Å²) >= 11 is 0.926. The van der Waals surface area contributed by atoms with Crippen LogP contribution in [-0.2, 0) is 18.0 Å². The van der Waals surface area contributed by atoms with Gasteiger partial charge >= 0.3 is 6.01 Å². The molecule has 0 aliphatic carbocycles. The molecule has 4 aromatic rings. The van der Waals surface area contributed by atoms with Gasteiger partial charge in [0, 0.05) is 55.6 Å². The normalized spacial score (nSPS) is 27.0. The van der Waals surface area contributed by atoms with E-state index in [1.807, 2.05) is 0 Å². The number of hydrogen-bond acceptors (Lipinski definition) is 12. The number of nitrogen functional groups attached to an aromatic ring is 1. The van der Waals surface area contributed by atoms with Gasteiger partial charge in [0.15, 0.2) is 11.6 Å². The summed E-state index contributed by atoms with van der Waals surface area (Å²) in [7, 11) is 0. The SMILES string of the molecule is C[C@@H](O)CN1CC2CCC(C1)N2c1nc(OC[C@@]23CCCN2C[C@H](F)C3)nc2c(F)c(-c3ncc(F)c4sc(N)c(C#N)c34)c3c(c12)COC3. The first-order valence-electron chi connectivity index (χ1n) is 17.3. The number of nitrogens with zero attached hydrogens (tertiary/aromatic N) is 7. The van der Waals surface area contributed by atoms with Gasteiger partial charge in [0.1, 0.15) is 35.2 Å². The lowest BCUT2D eigenvalue weighted by Gasteiger charge is -2.42. The molecular formula is C35H37F3N8O3S. The fraction of sp³-hybridized carbons (Fsp3) is 0.543. The van der Waals surface area contributed by atoms with Crippen LogP contribution >= 0.6 is 11.3 Å². The number of aliphatic hydroxyl groups is 1. The number of alkyl halides is 1. The van der Waals surface area contributed by atoms with Crippen LogP contribution in [0.1, 0.15) is 55.7 Å². The summed E-state index contributed by atoms with van der Waals surface area (Å²) in [5.41, 5.74) is 7.18. The van der Waals surface area contributed by atoms with E-state index in [9.17, 15) is 14.8 Å². The second-order valence-electron chi connectivity index (χ2n) is 14.5. The molecule has 8 heterocycles. The average molecular weight is 707 g/mol. The number of rotatable bonds is 7. The van der Waals surface area contributed by atoms with Gasteiger partial charge in [0.25, 0.3) is 0 Å². The first kappa shape index (κ1) is 32.1. The van der Waals surface area contributed by atoms with Crippen LogP contribution in [0.5, 0.6) is 6.01 Å². The molecule has 0 amide bonds. The standard InChI is InChI=1S/C35H37F3N8O3S/c1-17(47)10-44-12-19-3-4-20(13-44)46(19)33-27-23-15-48-14-22(23)25(29-26-21(8-39)32(40)50-31(26)24(37)9-41-29)28(38)30(27)42-34(43-33)49-16-35-5-2-6-45(35)11-18(36)7-35/h9,17-20,47H,2-7,10-16,40H2,1H3/t17-,18-,19?,20?,35+/m1/s1. The molecule has 15 heteroatoms. The molecule has 0 radical (unpaired) electrons. The zero-order valence-corrected chi connectivity index (χ0v) is 28.4. The number of aromatic nitrogens is 3. The number of piperazine rings is 1. The van der Waals surface area contributed by atoms with Crippen LogP contribution in [0, 0.1) is 23.0 Å². The highest BCUT2D eigenvalue weighted by atomic mass is 32.1. The molecule has 4 fully saturated rings. The smallest absolute Gasteiger partial charge is 0.319 e. The number of anilines is 2. The Hall–Kier alpha value is -3.81. The Kier molecular flexibility index (Phi) is 7.63. The van der Waals surface area contributed by atoms with Gasteiger partial charge in [-0.05, 0) is 50.3 Å². The topological polar surface area (TPSA) is 137 Å². The van der Waals surface area contributed by atoms with Crippen LogP contribution in [0.15, 0.2) is 6.20 Å². The van der Waals surface area contributed by atoms with E-state index in [1.165, 1.54) is 0 Å². The summed E-state index contributed by atoms with van der Waals surface area (Å²) < 4.78 is 59.6. The van der Waals surface area contributed by atoms with Crippen molar-refractivity contribution in [2.24, 2.45) is 0 Å². The largest absolute Gasteiger partial charge is 0.461 e. The fourth-order valence-electron chi connectivity index (χ4n) is 9.38. The molecule has 4 saturated heterocycles. The number of fused-ring (bicyclic) bond motifs is 7. The number of ether oxygens (including phenoxy) is 2. The Labute approximate surface area is 290 Å². The van der Waals surface area contributed by atoms with Gasteiger partial charge in [-0.25, -0.2) is 13.2 Å². The van der Waals surface area contributed by atoms with Crippen molar-refractivity contribution in [3.05, 3.63) is 34.5 Å². The number of nitrogens with two attached hydrogens (primary N) is 1. The predicted octanol–water partition coefficient (Wildman–Crippen LogP) is 4.66. The Morgan fingerprint density at radius 1 is 1.18 bits per heavy atom. The van der Waals surface area contributed by atoms with Crippen LogP contribution in [0.4, 0.5) is 24.0 Å². The highest BCUT2D eigenvalue weighted by Crippen LogP contribution is 2.48. The first-order chi connectivity index (χ1) is 24.2. The van der Waals surface area contributed by atoms with E-state index in [0.717, 1.165) is 49.8 Å². The number of aliphatic hydroxyl groups excluding tert-OH is 1. The highest BCUT2D eigenvalue weighted by Gasteiger charge is 2.50. The quantitative estimate of drug-likeness (QED) is 0.278. The van der Waals surface area contributed by atoms with Gasteiger partial charge in [-0.15, -0.1) is 11.3 Å². The fourth-order valence-corrected chi connectivity index (χ4v) is 10.3. The average Bonchev–Trinajstić information content (AvgIpc) is 3.88. The number of β-amino-alcohol motifs (C(OH)–C–C–N with tert-alkyl or cyclic N) is 1. The Balaban J connectivity index is 1.24. The van der Waals surface area contributed by atoms with E-state index in [4.69, 9.17) is 25.2 Å². The molecule has 1 aromatic carbocycles. The molecule has 5 aliphatic rings. The third kappa shape index (κ3) is 4.86. The number of likely N-dealkylation sites (tertiary alicyclic amines) is 1. The maximum Gasteiger partial charge on any atom is 0.319 e. The van der Waals surface area contributed by atoms with Crippen molar-refractivity contribution in [1.29, 1.82) is 5.26 Å². The van der Waals surface area contributed by atoms with Crippen molar-refractivity contribution >= 4 is 43.1 Å². The summed E-state index contributed by atoms with van der Waals surface area (Å²) in [4.78, 5) is 20.8. The maximum atomic E-state index is 17.5. The molecule has 11 nitrogen and oxygen atoms in total. The molecule has 0 spiro atoms. The van der Waals surface area contributed by atoms with Crippen molar-refractivity contribution in [2.75, 3.05) is 50.0 Å². The Morgan fingerprint density at radius 2 is 1.96 bits per heavy atom. The van der Waals surface area contributed by atoms with E-state index in [2.05, 4.69) is 25.8 Å². The number of halogens is 3. The molecule has 3 N–H and O–H groups in total. The number of hydrogen-bond donors (Lipinski definition) is 2. The number of benzene rings is 1. The number of pyridine rings is 1. The molecule has 5 atom stereocenters. The van der Waals surface area contributed by atoms with Gasteiger partial charge < -0.3 is 25.2 Å². The zero-order valence-electron chi connectivity index (χ0n) is 27.6. The van der Waals surface area contributed by atoms with E-state index in [-0.39, 0.29) is 75.3 Å². The van der Waals surface area contributed by atoms with E-state index < -0.39 is 29.4 Å². The second kappa shape index (κ2) is 11.9. The van der Waals surface area contributed by atoms with Crippen molar-refractivity contribution in [1.82, 2.24) is 24.8 Å². The second-order valence-corrected chi connectivity index (χ2v) is 15.6. The summed E-state index contributed by atoms with van der Waals surface area (Å²) in [5, 5.41) is 20.9. The maximum absolute atomic E-state index is 17.5. The van der Waals surface area contributed by atoms with Crippen molar-refractivity contribution in [2.45, 2.75) is 82.1 Å². The third-order valence-electron chi connectivity index (χ3n) is 11.4. The van der Waals surface area contributed by atoms with Crippen LogP contribution in [0.2, 0.25) is 0 Å². The van der Waals surface area contributed by atoms with Gasteiger partial charge in [0.2, 0.25) is 0 Å². The summed E-state index contributed by atoms with van der Waals surface area (Å²) in [6, 6.07) is 2.19. The lowest BCUT2D eigenvalue weighted by atomic mass is 9.93. The first-order valence-corrected chi connectivity index (χ1v) is 18.1. The molecule has 2 bridgehead atoms. The molecule has 262 valence electrons. The van der Waals surface area contributed by atoms with Crippen LogP contribution in [0.25, 0.3) is 32.2 Å². The molecule has 5 aliphatic heterocycles. The summed E-state index contributed by atoms with van der Waals surface area (Å²) in [6.45, 7) is 5.37. The van der Waals surface area contributed by atoms with Crippen LogP contribution in [0.3, 0.4) is 0 Å². The van der Waals surface area contributed by atoms with E-state index in [0.29, 0.717) is 54.9 Å². The third-order valence-corrected chi connectivity index (χ3v) is 12.4. The van der Waals surface area contributed by atoms with Gasteiger partial charge in [0.05, 0.1) is 52.4 Å². The summed E-state index contributed by atoms with van der Waals surface area (Å²) in [5.74, 6) is -0.784. The highest BCUT2D eigenvalue weighted by molar-refractivity contribution is 7.23. The lowest BCUT2D eigenvalue weighted by molar-refractivity contribution is 0.107. The van der Waals surface area contributed by atoms with Gasteiger partial charge in [-0.1, -0.05) is 0 Å². The summed E-state index contributed by atoms with van der Waals surface area (Å²) in [6.07, 6.45) is 3.55. The predicted molar refractivity (Wildman–Crippen MR) is 182 cm³/mol. The van der Waals surface area contributed by atoms with Crippen molar-refractivity contribution < 1.29 is 27.8 Å². The van der Waals surface area contributed by atoms with Crippen LogP contribution in [-0.4, -0.2) is 99.1 Å².